The summed E-state index contributed by atoms with van der Waals surface area (Å²) in [4.78, 5) is 28.2. The first-order chi connectivity index (χ1) is 12.0. The fourth-order valence-corrected chi connectivity index (χ4v) is 3.13. The van der Waals surface area contributed by atoms with Crippen molar-refractivity contribution in [1.82, 2.24) is 4.90 Å². The van der Waals surface area contributed by atoms with Crippen LogP contribution < -0.4 is 4.90 Å². The standard InChI is InChI=1S/C20H21ClN2O2/c1-15(24)16-4-8-19(9-5-16)23-12-10-22(11-13-23)14-20(25)17-2-6-18(21)7-3-17/h2-9H,10-14H2,1H3. The largest absolute Gasteiger partial charge is 0.369 e. The van der Waals surface area contributed by atoms with E-state index < -0.39 is 0 Å². The minimum atomic E-state index is 0.0806. The zero-order valence-electron chi connectivity index (χ0n) is 14.2. The van der Waals surface area contributed by atoms with E-state index in [0.29, 0.717) is 17.1 Å². The highest BCUT2D eigenvalue weighted by Crippen LogP contribution is 2.18. The molecule has 130 valence electrons. The lowest BCUT2D eigenvalue weighted by Gasteiger charge is -2.35. The Bertz CT molecular complexity index is 748. The van der Waals surface area contributed by atoms with Gasteiger partial charge in [-0.3, -0.25) is 14.5 Å². The van der Waals surface area contributed by atoms with E-state index in [1.165, 1.54) is 0 Å². The van der Waals surface area contributed by atoms with Crippen LogP contribution in [-0.4, -0.2) is 49.2 Å². The Balaban J connectivity index is 1.53. The number of halogens is 1. The maximum Gasteiger partial charge on any atom is 0.176 e. The minimum absolute atomic E-state index is 0.0806. The van der Waals surface area contributed by atoms with E-state index in [-0.39, 0.29) is 11.6 Å². The summed E-state index contributed by atoms with van der Waals surface area (Å²) in [6, 6.07) is 14.8. The van der Waals surface area contributed by atoms with E-state index in [1.54, 1.807) is 31.2 Å². The molecule has 1 aliphatic rings. The number of rotatable bonds is 5. The summed E-state index contributed by atoms with van der Waals surface area (Å²) in [5.74, 6) is 0.202. The molecular weight excluding hydrogens is 336 g/mol. The molecule has 0 unspecified atom stereocenters. The lowest BCUT2D eigenvalue weighted by atomic mass is 10.1. The molecule has 0 bridgehead atoms. The number of Topliss-reactive ketones (excluding diaryl/α,β-unsaturated/α-hetero) is 2. The molecule has 3 rings (SSSR count). The van der Waals surface area contributed by atoms with Crippen LogP contribution in [0.4, 0.5) is 5.69 Å². The smallest absolute Gasteiger partial charge is 0.176 e. The Kier molecular flexibility index (Phi) is 5.51. The average Bonchev–Trinajstić information content (AvgIpc) is 2.63. The van der Waals surface area contributed by atoms with Gasteiger partial charge in [-0.15, -0.1) is 0 Å². The second-order valence-corrected chi connectivity index (χ2v) is 6.73. The Morgan fingerprint density at radius 2 is 1.44 bits per heavy atom. The number of ketones is 2. The lowest BCUT2D eigenvalue weighted by molar-refractivity contribution is 0.0926. The van der Waals surface area contributed by atoms with E-state index in [4.69, 9.17) is 11.6 Å². The zero-order chi connectivity index (χ0) is 17.8. The molecule has 0 N–H and O–H groups in total. The Hall–Kier alpha value is -2.17. The summed E-state index contributed by atoms with van der Waals surface area (Å²) in [6.07, 6.45) is 0. The minimum Gasteiger partial charge on any atom is -0.369 e. The first-order valence-electron chi connectivity index (χ1n) is 8.40. The van der Waals surface area contributed by atoms with Crippen molar-refractivity contribution in [2.45, 2.75) is 6.92 Å². The van der Waals surface area contributed by atoms with Crippen LogP contribution in [-0.2, 0) is 0 Å². The predicted molar refractivity (Wildman–Crippen MR) is 101 cm³/mol. The highest BCUT2D eigenvalue weighted by Gasteiger charge is 2.20. The molecule has 0 spiro atoms. The molecule has 0 aliphatic carbocycles. The van der Waals surface area contributed by atoms with Crippen molar-refractivity contribution in [2.75, 3.05) is 37.6 Å². The van der Waals surface area contributed by atoms with Gasteiger partial charge in [0, 0.05) is 48.0 Å². The molecule has 0 saturated carbocycles. The normalized spacial score (nSPS) is 15.2. The van der Waals surface area contributed by atoms with Gasteiger partial charge >= 0.3 is 0 Å². The van der Waals surface area contributed by atoms with Crippen molar-refractivity contribution < 1.29 is 9.59 Å². The Morgan fingerprint density at radius 1 is 0.880 bits per heavy atom. The van der Waals surface area contributed by atoms with Crippen LogP contribution in [0.5, 0.6) is 0 Å². The van der Waals surface area contributed by atoms with Crippen molar-refractivity contribution in [2.24, 2.45) is 0 Å². The Morgan fingerprint density at radius 3 is 2.00 bits per heavy atom. The molecule has 1 saturated heterocycles. The molecule has 1 heterocycles. The number of hydrogen-bond acceptors (Lipinski definition) is 4. The van der Waals surface area contributed by atoms with Gasteiger partial charge in [-0.2, -0.15) is 0 Å². The van der Waals surface area contributed by atoms with Crippen LogP contribution in [0, 0.1) is 0 Å². The van der Waals surface area contributed by atoms with Crippen LogP contribution in [0.2, 0.25) is 5.02 Å². The van der Waals surface area contributed by atoms with Crippen LogP contribution in [0.25, 0.3) is 0 Å². The zero-order valence-corrected chi connectivity index (χ0v) is 15.0. The van der Waals surface area contributed by atoms with Crippen LogP contribution >= 0.6 is 11.6 Å². The van der Waals surface area contributed by atoms with Crippen LogP contribution in [0.15, 0.2) is 48.5 Å². The first-order valence-corrected chi connectivity index (χ1v) is 8.78. The number of piperazine rings is 1. The first kappa shape index (κ1) is 17.6. The summed E-state index contributed by atoms with van der Waals surface area (Å²) in [6.45, 7) is 5.42. The quantitative estimate of drug-likeness (QED) is 0.768. The predicted octanol–water partition coefficient (Wildman–Crippen LogP) is 3.55. The van der Waals surface area contributed by atoms with Gasteiger partial charge in [0.2, 0.25) is 0 Å². The van der Waals surface area contributed by atoms with Crippen molar-refractivity contribution in [3.8, 4) is 0 Å². The molecule has 5 heteroatoms. The van der Waals surface area contributed by atoms with Gasteiger partial charge in [-0.05, 0) is 55.5 Å². The fourth-order valence-electron chi connectivity index (χ4n) is 3.00. The maximum absolute atomic E-state index is 12.3. The van der Waals surface area contributed by atoms with Gasteiger partial charge in [-0.1, -0.05) is 11.6 Å². The van der Waals surface area contributed by atoms with Crippen molar-refractivity contribution in [3.05, 3.63) is 64.7 Å². The van der Waals surface area contributed by atoms with Crippen LogP contribution in [0.3, 0.4) is 0 Å². The Labute approximate surface area is 153 Å². The van der Waals surface area contributed by atoms with Gasteiger partial charge in [0.15, 0.2) is 11.6 Å². The van der Waals surface area contributed by atoms with E-state index in [1.807, 2.05) is 24.3 Å². The molecule has 0 radical (unpaired) electrons. The van der Waals surface area contributed by atoms with Gasteiger partial charge in [0.1, 0.15) is 0 Å². The van der Waals surface area contributed by atoms with E-state index in [0.717, 1.165) is 37.4 Å². The number of carbonyl (C=O) groups is 2. The molecule has 2 aromatic carbocycles. The van der Waals surface area contributed by atoms with Crippen molar-refractivity contribution in [3.63, 3.8) is 0 Å². The number of benzene rings is 2. The van der Waals surface area contributed by atoms with Crippen LogP contribution in [0.1, 0.15) is 27.6 Å². The van der Waals surface area contributed by atoms with Gasteiger partial charge in [0.25, 0.3) is 0 Å². The second-order valence-electron chi connectivity index (χ2n) is 6.30. The number of nitrogens with zero attached hydrogens (tertiary/aromatic N) is 2. The topological polar surface area (TPSA) is 40.6 Å². The molecule has 0 aromatic heterocycles. The van der Waals surface area contributed by atoms with E-state index >= 15 is 0 Å². The summed E-state index contributed by atoms with van der Waals surface area (Å²) in [7, 11) is 0. The third kappa shape index (κ3) is 4.47. The van der Waals surface area contributed by atoms with Crippen molar-refractivity contribution in [1.29, 1.82) is 0 Å². The summed E-state index contributed by atoms with van der Waals surface area (Å²) in [5.41, 5.74) is 2.55. The molecule has 1 aliphatic heterocycles. The molecule has 0 atom stereocenters. The van der Waals surface area contributed by atoms with E-state index in [2.05, 4.69) is 9.80 Å². The van der Waals surface area contributed by atoms with Gasteiger partial charge in [-0.25, -0.2) is 0 Å². The van der Waals surface area contributed by atoms with Crippen molar-refractivity contribution >= 4 is 28.9 Å². The second kappa shape index (κ2) is 7.81. The maximum atomic E-state index is 12.3. The SMILES string of the molecule is CC(=O)c1ccc(N2CCN(CC(=O)c3ccc(Cl)cc3)CC2)cc1. The van der Waals surface area contributed by atoms with Gasteiger partial charge in [0.05, 0.1) is 6.54 Å². The third-order valence-corrected chi connectivity index (χ3v) is 4.80. The molecule has 25 heavy (non-hydrogen) atoms. The number of carbonyl (C=O) groups excluding carboxylic acids is 2. The van der Waals surface area contributed by atoms with E-state index in [9.17, 15) is 9.59 Å². The highest BCUT2D eigenvalue weighted by molar-refractivity contribution is 6.30. The van der Waals surface area contributed by atoms with Gasteiger partial charge < -0.3 is 4.90 Å². The number of hydrogen-bond donors (Lipinski definition) is 0. The summed E-state index contributed by atoms with van der Waals surface area (Å²) in [5, 5.41) is 0.640. The molecule has 4 nitrogen and oxygen atoms in total. The fraction of sp³-hybridized carbons (Fsp3) is 0.300. The third-order valence-electron chi connectivity index (χ3n) is 4.54. The number of anilines is 1. The highest BCUT2D eigenvalue weighted by atomic mass is 35.5. The monoisotopic (exact) mass is 356 g/mol. The average molecular weight is 357 g/mol. The lowest BCUT2D eigenvalue weighted by Crippen LogP contribution is -2.48. The molecule has 1 fully saturated rings. The summed E-state index contributed by atoms with van der Waals surface area (Å²) >= 11 is 5.86. The summed E-state index contributed by atoms with van der Waals surface area (Å²) < 4.78 is 0. The molecule has 0 amide bonds. The molecular formula is C20H21ClN2O2. The molecule has 2 aromatic rings.